The Morgan fingerprint density at radius 1 is 1.22 bits per heavy atom. The molecule has 0 spiro atoms. The summed E-state index contributed by atoms with van der Waals surface area (Å²) in [4.78, 5) is 8.26. The smallest absolute Gasteiger partial charge is 0.224 e. The van der Waals surface area contributed by atoms with Crippen molar-refractivity contribution in [2.45, 2.75) is 0 Å². The minimum absolute atomic E-state index is 0.334. The monoisotopic (exact) mass is 374 g/mol. The zero-order chi connectivity index (χ0) is 13.1. The van der Waals surface area contributed by atoms with Gasteiger partial charge in [-0.05, 0) is 50.1 Å². The van der Waals surface area contributed by atoms with Gasteiger partial charge in [0.15, 0.2) is 0 Å². The van der Waals surface area contributed by atoms with E-state index in [0.717, 1.165) is 0 Å². The lowest BCUT2D eigenvalue weighted by atomic mass is 10.3. The summed E-state index contributed by atoms with van der Waals surface area (Å²) in [5, 5.41) is 5.85. The molecule has 18 heavy (non-hydrogen) atoms. The lowest BCUT2D eigenvalue weighted by molar-refractivity contribution is 0.622. The fourth-order valence-corrected chi connectivity index (χ4v) is 1.82. The molecule has 0 aliphatic heterocycles. The number of aromatic nitrogens is 2. The molecule has 1 heterocycles. The van der Waals surface area contributed by atoms with Crippen molar-refractivity contribution in [3.05, 3.63) is 39.2 Å². The molecule has 1 aromatic carbocycles. The van der Waals surface area contributed by atoms with E-state index in [1.54, 1.807) is 25.4 Å². The average Bonchev–Trinajstić information content (AvgIpc) is 2.36. The highest BCUT2D eigenvalue weighted by atomic mass is 79.9. The maximum atomic E-state index is 13.4. The molecule has 0 saturated carbocycles. The van der Waals surface area contributed by atoms with E-state index in [4.69, 9.17) is 0 Å². The van der Waals surface area contributed by atoms with E-state index >= 15 is 0 Å². The van der Waals surface area contributed by atoms with Gasteiger partial charge in [0.1, 0.15) is 11.6 Å². The molecule has 2 N–H and O–H groups in total. The van der Waals surface area contributed by atoms with E-state index in [1.165, 1.54) is 6.07 Å². The summed E-state index contributed by atoms with van der Waals surface area (Å²) in [5.41, 5.74) is 0.608. The van der Waals surface area contributed by atoms with Crippen LogP contribution in [0.15, 0.2) is 33.3 Å². The zero-order valence-corrected chi connectivity index (χ0v) is 12.5. The number of anilines is 3. The standard InChI is InChI=1S/C11H9Br2FN4/c1-15-11-16-5-8(13)10(18-11)17-6-2-3-7(12)9(14)4-6/h2-5H,1H3,(H2,15,16,17,18). The van der Waals surface area contributed by atoms with Crippen LogP contribution >= 0.6 is 31.9 Å². The molecule has 2 aromatic rings. The summed E-state index contributed by atoms with van der Waals surface area (Å²) >= 11 is 6.44. The molecule has 2 rings (SSSR count). The molecule has 0 aliphatic rings. The largest absolute Gasteiger partial charge is 0.357 e. The van der Waals surface area contributed by atoms with Crippen molar-refractivity contribution in [3.63, 3.8) is 0 Å². The summed E-state index contributed by atoms with van der Waals surface area (Å²) in [6.45, 7) is 0. The van der Waals surface area contributed by atoms with Gasteiger partial charge in [0.05, 0.1) is 8.95 Å². The molecule has 7 heteroatoms. The van der Waals surface area contributed by atoms with Crippen LogP contribution in [-0.2, 0) is 0 Å². The molecule has 4 nitrogen and oxygen atoms in total. The van der Waals surface area contributed by atoms with Gasteiger partial charge in [0.25, 0.3) is 0 Å². The molecule has 1 aromatic heterocycles. The number of nitrogens with zero attached hydrogens (tertiary/aromatic N) is 2. The van der Waals surface area contributed by atoms with Crippen molar-refractivity contribution in [1.82, 2.24) is 9.97 Å². The van der Waals surface area contributed by atoms with Crippen LogP contribution in [0.4, 0.5) is 21.8 Å². The Labute approximate surface area is 120 Å². The SMILES string of the molecule is CNc1ncc(Br)c(Nc2ccc(Br)c(F)c2)n1. The van der Waals surface area contributed by atoms with Crippen molar-refractivity contribution >= 4 is 49.3 Å². The van der Waals surface area contributed by atoms with Gasteiger partial charge in [-0.3, -0.25) is 0 Å². The average molecular weight is 376 g/mol. The molecule has 0 bridgehead atoms. The van der Waals surface area contributed by atoms with E-state index in [1.807, 2.05) is 0 Å². The highest BCUT2D eigenvalue weighted by Crippen LogP contribution is 2.26. The first-order chi connectivity index (χ1) is 8.60. The minimum Gasteiger partial charge on any atom is -0.357 e. The fraction of sp³-hybridized carbons (Fsp3) is 0.0909. The number of benzene rings is 1. The lowest BCUT2D eigenvalue weighted by Gasteiger charge is -2.09. The Kier molecular flexibility index (Phi) is 4.13. The topological polar surface area (TPSA) is 49.8 Å². The Hall–Kier alpha value is -1.21. The Morgan fingerprint density at radius 2 is 2.00 bits per heavy atom. The molecule has 94 valence electrons. The van der Waals surface area contributed by atoms with Crippen molar-refractivity contribution < 1.29 is 4.39 Å². The maximum Gasteiger partial charge on any atom is 0.224 e. The first kappa shape index (κ1) is 13.2. The molecule has 0 saturated heterocycles. The first-order valence-corrected chi connectivity index (χ1v) is 6.61. The van der Waals surface area contributed by atoms with Gasteiger partial charge in [-0.1, -0.05) is 0 Å². The van der Waals surface area contributed by atoms with Crippen LogP contribution in [0.5, 0.6) is 0 Å². The van der Waals surface area contributed by atoms with E-state index in [9.17, 15) is 4.39 Å². The van der Waals surface area contributed by atoms with Crippen LogP contribution < -0.4 is 10.6 Å². The summed E-state index contributed by atoms with van der Waals surface area (Å²) in [6.07, 6.45) is 1.62. The molecule has 0 aliphatic carbocycles. The number of hydrogen-bond donors (Lipinski definition) is 2. The van der Waals surface area contributed by atoms with Crippen LogP contribution in [-0.4, -0.2) is 17.0 Å². The Balaban J connectivity index is 2.30. The number of rotatable bonds is 3. The summed E-state index contributed by atoms with van der Waals surface area (Å²) in [5.74, 6) is 0.716. The second-order valence-electron chi connectivity index (χ2n) is 3.39. The second-order valence-corrected chi connectivity index (χ2v) is 5.10. The summed E-state index contributed by atoms with van der Waals surface area (Å²) in [7, 11) is 1.73. The fourth-order valence-electron chi connectivity index (χ4n) is 1.29. The molecule has 0 unspecified atom stereocenters. The number of halogens is 3. The lowest BCUT2D eigenvalue weighted by Crippen LogP contribution is -2.01. The Morgan fingerprint density at radius 3 is 2.67 bits per heavy atom. The van der Waals surface area contributed by atoms with E-state index < -0.39 is 0 Å². The number of nitrogens with one attached hydrogen (secondary N) is 2. The third kappa shape index (κ3) is 2.97. The van der Waals surface area contributed by atoms with E-state index in [2.05, 4.69) is 52.5 Å². The molecular weight excluding hydrogens is 367 g/mol. The van der Waals surface area contributed by atoms with Crippen molar-refractivity contribution in [3.8, 4) is 0 Å². The maximum absolute atomic E-state index is 13.4. The van der Waals surface area contributed by atoms with Gasteiger partial charge in [-0.15, -0.1) is 0 Å². The van der Waals surface area contributed by atoms with Crippen molar-refractivity contribution in [2.24, 2.45) is 0 Å². The molecule has 0 fully saturated rings. The highest BCUT2D eigenvalue weighted by molar-refractivity contribution is 9.10. The van der Waals surface area contributed by atoms with Crippen LogP contribution in [0.3, 0.4) is 0 Å². The molecule has 0 amide bonds. The highest BCUT2D eigenvalue weighted by Gasteiger charge is 2.06. The van der Waals surface area contributed by atoms with Gasteiger partial charge in [0, 0.05) is 18.9 Å². The predicted molar refractivity (Wildman–Crippen MR) is 76.7 cm³/mol. The predicted octanol–water partition coefficient (Wildman–Crippen LogP) is 3.93. The quantitative estimate of drug-likeness (QED) is 0.853. The van der Waals surface area contributed by atoms with Crippen LogP contribution in [0.1, 0.15) is 0 Å². The molecule has 0 radical (unpaired) electrons. The molecular formula is C11H9Br2FN4. The van der Waals surface area contributed by atoms with Gasteiger partial charge in [-0.25, -0.2) is 9.37 Å². The van der Waals surface area contributed by atoms with E-state index in [-0.39, 0.29) is 5.82 Å². The van der Waals surface area contributed by atoms with Crippen LogP contribution in [0.25, 0.3) is 0 Å². The first-order valence-electron chi connectivity index (χ1n) is 5.02. The summed E-state index contributed by atoms with van der Waals surface area (Å²) < 4.78 is 14.5. The minimum atomic E-state index is -0.334. The van der Waals surface area contributed by atoms with Crippen LogP contribution in [0, 0.1) is 5.82 Å². The van der Waals surface area contributed by atoms with Crippen LogP contribution in [0.2, 0.25) is 0 Å². The van der Waals surface area contributed by atoms with E-state index in [0.29, 0.717) is 26.4 Å². The normalized spacial score (nSPS) is 10.2. The molecule has 0 atom stereocenters. The van der Waals surface area contributed by atoms with Gasteiger partial charge in [-0.2, -0.15) is 4.98 Å². The van der Waals surface area contributed by atoms with Gasteiger partial charge >= 0.3 is 0 Å². The number of hydrogen-bond acceptors (Lipinski definition) is 4. The zero-order valence-electron chi connectivity index (χ0n) is 9.34. The van der Waals surface area contributed by atoms with Crippen molar-refractivity contribution in [2.75, 3.05) is 17.7 Å². The van der Waals surface area contributed by atoms with Crippen molar-refractivity contribution in [1.29, 1.82) is 0 Å². The Bertz CT molecular complexity index is 577. The van der Waals surface area contributed by atoms with Gasteiger partial charge < -0.3 is 10.6 Å². The third-order valence-corrected chi connectivity index (χ3v) is 3.37. The third-order valence-electron chi connectivity index (χ3n) is 2.15. The summed E-state index contributed by atoms with van der Waals surface area (Å²) in [6, 6.07) is 4.77. The van der Waals surface area contributed by atoms with Gasteiger partial charge in [0.2, 0.25) is 5.95 Å². The second kappa shape index (κ2) is 5.62.